The van der Waals surface area contributed by atoms with E-state index in [1.807, 2.05) is 43.3 Å². The fourth-order valence-electron chi connectivity index (χ4n) is 2.20. The second-order valence-electron chi connectivity index (χ2n) is 7.66. The first-order valence-corrected chi connectivity index (χ1v) is 10.9. The summed E-state index contributed by atoms with van der Waals surface area (Å²) in [5, 5.41) is 0. The average molecular weight is 401 g/mol. The Bertz CT molecular complexity index is 725. The van der Waals surface area contributed by atoms with E-state index in [0.29, 0.717) is 0 Å². The van der Waals surface area contributed by atoms with Crippen molar-refractivity contribution in [2.45, 2.75) is 48.0 Å². The molecule has 0 fully saturated rings. The van der Waals surface area contributed by atoms with Gasteiger partial charge in [-0.25, -0.2) is 0 Å². The minimum absolute atomic E-state index is 0.00850. The molecule has 0 aliphatic heterocycles. The van der Waals surface area contributed by atoms with Crippen LogP contribution in [0.25, 0.3) is 0 Å². The van der Waals surface area contributed by atoms with E-state index in [-0.39, 0.29) is 24.1 Å². The van der Waals surface area contributed by atoms with Crippen molar-refractivity contribution in [1.82, 2.24) is 0 Å². The normalized spacial score (nSPS) is 14.0. The summed E-state index contributed by atoms with van der Waals surface area (Å²) in [6.07, 6.45) is 11.7. The van der Waals surface area contributed by atoms with Gasteiger partial charge in [0.05, 0.1) is 19.1 Å². The summed E-state index contributed by atoms with van der Waals surface area (Å²) in [4.78, 5) is 0. The molecule has 145 valence electrons. The fourth-order valence-corrected chi connectivity index (χ4v) is 3.82. The van der Waals surface area contributed by atoms with Crippen molar-refractivity contribution in [1.29, 1.82) is 0 Å². The van der Waals surface area contributed by atoms with Crippen LogP contribution in [-0.4, -0.2) is 10.9 Å². The van der Waals surface area contributed by atoms with Gasteiger partial charge >= 0.3 is 64.9 Å². The predicted molar refractivity (Wildman–Crippen MR) is 114 cm³/mol. The Kier molecular flexibility index (Phi) is 10.4. The third kappa shape index (κ3) is 10.3. The van der Waals surface area contributed by atoms with Crippen molar-refractivity contribution >= 4 is 3.81 Å². The molecule has 0 saturated carbocycles. The maximum atomic E-state index is 5.68. The molecule has 0 unspecified atom stereocenters. The van der Waals surface area contributed by atoms with Crippen LogP contribution in [0, 0.1) is 5.41 Å². The number of para-hydroxylation sites is 1. The van der Waals surface area contributed by atoms with E-state index in [0.717, 1.165) is 17.1 Å². The van der Waals surface area contributed by atoms with E-state index in [1.54, 1.807) is 21.1 Å². The van der Waals surface area contributed by atoms with Gasteiger partial charge in [-0.3, -0.25) is 0 Å². The molecule has 0 saturated heterocycles. The molecule has 1 aliphatic carbocycles. The number of benzene rings is 1. The summed E-state index contributed by atoms with van der Waals surface area (Å²) in [6.45, 7) is 12.8. The van der Waals surface area contributed by atoms with E-state index < -0.39 is 0 Å². The molecule has 27 heavy (non-hydrogen) atoms. The molecule has 0 spiro atoms. The topological polar surface area (TPSA) is 18.5 Å². The van der Waals surface area contributed by atoms with E-state index in [9.17, 15) is 0 Å². The second kappa shape index (κ2) is 11.9. The zero-order valence-corrected chi connectivity index (χ0v) is 19.4. The molecule has 0 radical (unpaired) electrons. The first-order chi connectivity index (χ1) is 12.7. The number of hydrogen-bond donors (Lipinski definition) is 0. The van der Waals surface area contributed by atoms with Crippen molar-refractivity contribution in [3.63, 3.8) is 0 Å². The Morgan fingerprint density at radius 1 is 1.07 bits per heavy atom. The van der Waals surface area contributed by atoms with Gasteiger partial charge in [-0.1, -0.05) is 39.0 Å². The summed E-state index contributed by atoms with van der Waals surface area (Å²) < 4.78 is 14.2. The number of ether oxygens (including phenoxy) is 2. The molecular weight excluding hydrogens is 368 g/mol. The first kappa shape index (κ1) is 23.4. The van der Waals surface area contributed by atoms with Gasteiger partial charge in [-0.05, 0) is 36.1 Å². The predicted octanol–water partition coefficient (Wildman–Crippen LogP) is 6.67. The van der Waals surface area contributed by atoms with Crippen LogP contribution in [-0.2, 0) is 23.4 Å². The van der Waals surface area contributed by atoms with E-state index in [4.69, 9.17) is 9.47 Å². The summed E-state index contributed by atoms with van der Waals surface area (Å²) in [6, 6.07) is 9.75. The molecule has 0 bridgehead atoms. The van der Waals surface area contributed by atoms with Gasteiger partial charge in [0.25, 0.3) is 0 Å². The zero-order valence-electron chi connectivity index (χ0n) is 17.8. The van der Waals surface area contributed by atoms with Crippen LogP contribution >= 0.6 is 0 Å². The van der Waals surface area contributed by atoms with Crippen LogP contribution in [0.3, 0.4) is 0 Å². The van der Waals surface area contributed by atoms with Gasteiger partial charge < -0.3 is 9.47 Å². The van der Waals surface area contributed by atoms with Gasteiger partial charge in [0, 0.05) is 0 Å². The minimum atomic E-state index is 0.00850. The number of rotatable bonds is 5. The van der Waals surface area contributed by atoms with E-state index in [2.05, 4.69) is 52.8 Å². The summed E-state index contributed by atoms with van der Waals surface area (Å²) in [5.41, 5.74) is 1.10. The van der Waals surface area contributed by atoms with Crippen LogP contribution in [0.15, 0.2) is 76.1 Å². The number of hydrogen-bond acceptors (Lipinski definition) is 2. The first-order valence-electron chi connectivity index (χ1n) is 9.30. The number of methoxy groups -OCH3 is 1. The van der Waals surface area contributed by atoms with Crippen LogP contribution in [0.4, 0.5) is 0 Å². The third-order valence-electron chi connectivity index (χ3n) is 3.79. The van der Waals surface area contributed by atoms with Crippen LogP contribution in [0.5, 0.6) is 5.75 Å². The van der Waals surface area contributed by atoms with Crippen molar-refractivity contribution in [2.75, 3.05) is 7.11 Å². The third-order valence-corrected chi connectivity index (χ3v) is 5.65. The van der Waals surface area contributed by atoms with Gasteiger partial charge in [0.1, 0.15) is 5.75 Å². The SMILES string of the molecule is COC(C)=CC(=COc1ccccc1)C(C)(C)C.C[C](C)=[Ti][C]1=CC=CC1. The molecule has 1 aliphatic rings. The van der Waals surface area contributed by atoms with Crippen LogP contribution < -0.4 is 4.74 Å². The van der Waals surface area contributed by atoms with Gasteiger partial charge in [-0.15, -0.1) is 0 Å². The van der Waals surface area contributed by atoms with Gasteiger partial charge in [0.2, 0.25) is 0 Å². The number of allylic oxidation sites excluding steroid dienone is 7. The van der Waals surface area contributed by atoms with E-state index >= 15 is 0 Å². The zero-order chi connectivity index (χ0) is 20.3. The average Bonchev–Trinajstić information content (AvgIpc) is 3.11. The van der Waals surface area contributed by atoms with Crippen LogP contribution in [0.1, 0.15) is 48.0 Å². The molecule has 0 heterocycles. The van der Waals surface area contributed by atoms with Crippen molar-refractivity contribution in [3.05, 3.63) is 76.1 Å². The van der Waals surface area contributed by atoms with Crippen molar-refractivity contribution in [2.24, 2.45) is 5.41 Å². The Labute approximate surface area is 174 Å². The van der Waals surface area contributed by atoms with Gasteiger partial charge in [0.15, 0.2) is 0 Å². The molecule has 0 aromatic heterocycles. The molecule has 1 aromatic rings. The molecule has 1 aromatic carbocycles. The Morgan fingerprint density at radius 3 is 2.22 bits per heavy atom. The summed E-state index contributed by atoms with van der Waals surface area (Å²) >= 11 is 0.153. The van der Waals surface area contributed by atoms with Crippen LogP contribution in [0.2, 0.25) is 0 Å². The van der Waals surface area contributed by atoms with E-state index in [1.165, 1.54) is 6.42 Å². The second-order valence-corrected chi connectivity index (χ2v) is 10.6. The molecule has 2 nitrogen and oxygen atoms in total. The molecule has 2 rings (SSSR count). The monoisotopic (exact) mass is 401 g/mol. The molecular formula is C24H33O2Ti. The molecule has 0 N–H and O–H groups in total. The summed E-state index contributed by atoms with van der Waals surface area (Å²) in [5.74, 6) is 1.70. The Balaban J connectivity index is 0.000000337. The fraction of sp³-hybridized carbons (Fsp3) is 0.375. The molecule has 0 atom stereocenters. The maximum absolute atomic E-state index is 5.68. The standard InChI is InChI=1S/C16H22O2.C5H5.C3H6.Ti/c1-13(17-5)11-14(16(2,3)4)12-18-15-9-7-6-8-10-15;1-2-4-5-3-1;1-3-2;/h6-12H,1-5H3;1-3H,4H2;1-2H3;. The van der Waals surface area contributed by atoms with Gasteiger partial charge in [-0.2, -0.15) is 0 Å². The molecule has 3 heteroatoms. The summed E-state index contributed by atoms with van der Waals surface area (Å²) in [7, 11) is 1.67. The molecule has 0 amide bonds. The quantitative estimate of drug-likeness (QED) is 0.312. The Morgan fingerprint density at radius 2 is 1.74 bits per heavy atom. The van der Waals surface area contributed by atoms with Crippen molar-refractivity contribution in [3.8, 4) is 5.75 Å². The Hall–Kier alpha value is -1.64. The van der Waals surface area contributed by atoms with Crippen molar-refractivity contribution < 1.29 is 28.2 Å².